The van der Waals surface area contributed by atoms with Crippen LogP contribution in [0.1, 0.15) is 11.3 Å². The Labute approximate surface area is 102 Å². The van der Waals surface area contributed by atoms with Crippen LogP contribution in [0, 0.1) is 18.6 Å². The molecule has 0 atom stereocenters. The SMILES string of the molecule is Cc1nc(Oc2cccc(F)c2F)ncc1CO. The molecule has 0 unspecified atom stereocenters. The summed E-state index contributed by atoms with van der Waals surface area (Å²) in [5, 5.41) is 8.95. The summed E-state index contributed by atoms with van der Waals surface area (Å²) in [7, 11) is 0. The molecule has 1 aromatic carbocycles. The normalized spacial score (nSPS) is 10.4. The Hall–Kier alpha value is -2.08. The highest BCUT2D eigenvalue weighted by Crippen LogP contribution is 2.23. The monoisotopic (exact) mass is 252 g/mol. The van der Waals surface area contributed by atoms with Gasteiger partial charge in [-0.25, -0.2) is 9.37 Å². The van der Waals surface area contributed by atoms with Gasteiger partial charge in [0.1, 0.15) is 0 Å². The molecule has 0 saturated carbocycles. The molecule has 0 aliphatic heterocycles. The molecule has 0 radical (unpaired) electrons. The smallest absolute Gasteiger partial charge is 0.322 e. The van der Waals surface area contributed by atoms with Crippen LogP contribution in [0.25, 0.3) is 0 Å². The summed E-state index contributed by atoms with van der Waals surface area (Å²) in [6, 6.07) is 3.48. The Morgan fingerprint density at radius 3 is 2.78 bits per heavy atom. The van der Waals surface area contributed by atoms with Gasteiger partial charge in [-0.15, -0.1) is 0 Å². The van der Waals surface area contributed by atoms with E-state index in [1.54, 1.807) is 6.92 Å². The van der Waals surface area contributed by atoms with Gasteiger partial charge in [-0.3, -0.25) is 0 Å². The molecule has 0 fully saturated rings. The summed E-state index contributed by atoms with van der Waals surface area (Å²) in [5.74, 6) is -2.38. The van der Waals surface area contributed by atoms with Crippen molar-refractivity contribution in [3.63, 3.8) is 0 Å². The molecule has 6 heteroatoms. The van der Waals surface area contributed by atoms with Gasteiger partial charge >= 0.3 is 6.01 Å². The molecule has 2 aromatic rings. The van der Waals surface area contributed by atoms with Gasteiger partial charge in [-0.2, -0.15) is 9.37 Å². The molecule has 94 valence electrons. The van der Waals surface area contributed by atoms with E-state index in [0.717, 1.165) is 6.07 Å². The third-order valence-corrected chi connectivity index (χ3v) is 2.35. The molecule has 0 amide bonds. The second kappa shape index (κ2) is 5.05. The third-order valence-electron chi connectivity index (χ3n) is 2.35. The lowest BCUT2D eigenvalue weighted by molar-refractivity contribution is 0.279. The van der Waals surface area contributed by atoms with Gasteiger partial charge in [-0.1, -0.05) is 6.07 Å². The first-order chi connectivity index (χ1) is 8.61. The summed E-state index contributed by atoms with van der Waals surface area (Å²) in [6.07, 6.45) is 1.37. The highest BCUT2D eigenvalue weighted by molar-refractivity contribution is 5.28. The van der Waals surface area contributed by atoms with E-state index >= 15 is 0 Å². The van der Waals surface area contributed by atoms with Gasteiger partial charge in [0.05, 0.1) is 12.3 Å². The first-order valence-electron chi connectivity index (χ1n) is 5.17. The highest BCUT2D eigenvalue weighted by atomic mass is 19.2. The van der Waals surface area contributed by atoms with Crippen molar-refractivity contribution in [2.24, 2.45) is 0 Å². The lowest BCUT2D eigenvalue weighted by atomic mass is 10.3. The molecule has 18 heavy (non-hydrogen) atoms. The maximum absolute atomic E-state index is 13.3. The number of benzene rings is 1. The van der Waals surface area contributed by atoms with Crippen molar-refractivity contribution in [2.45, 2.75) is 13.5 Å². The standard InChI is InChI=1S/C12H10F2N2O2/c1-7-8(6-17)5-15-12(16-7)18-10-4-2-3-9(13)11(10)14/h2-5,17H,6H2,1H3. The average Bonchev–Trinajstić information content (AvgIpc) is 2.35. The highest BCUT2D eigenvalue weighted by Gasteiger charge is 2.11. The maximum Gasteiger partial charge on any atom is 0.322 e. The van der Waals surface area contributed by atoms with Crippen molar-refractivity contribution < 1.29 is 18.6 Å². The number of hydrogen-bond acceptors (Lipinski definition) is 4. The van der Waals surface area contributed by atoms with Crippen LogP contribution in [0.3, 0.4) is 0 Å². The van der Waals surface area contributed by atoms with Crippen LogP contribution >= 0.6 is 0 Å². The minimum atomic E-state index is -1.09. The van der Waals surface area contributed by atoms with Crippen molar-refractivity contribution in [1.82, 2.24) is 9.97 Å². The number of aromatic nitrogens is 2. The quantitative estimate of drug-likeness (QED) is 0.911. The number of aliphatic hydroxyl groups excluding tert-OH is 1. The maximum atomic E-state index is 13.3. The number of halogens is 2. The molecule has 4 nitrogen and oxygen atoms in total. The molecule has 1 heterocycles. The van der Waals surface area contributed by atoms with Crippen molar-refractivity contribution in [3.05, 3.63) is 47.3 Å². The number of ether oxygens (including phenoxy) is 1. The van der Waals surface area contributed by atoms with Crippen molar-refractivity contribution in [3.8, 4) is 11.8 Å². The Kier molecular flexibility index (Phi) is 3.47. The van der Waals surface area contributed by atoms with Gasteiger partial charge in [0.2, 0.25) is 5.82 Å². The average molecular weight is 252 g/mol. The van der Waals surface area contributed by atoms with Crippen molar-refractivity contribution >= 4 is 0 Å². The van der Waals surface area contributed by atoms with E-state index in [2.05, 4.69) is 9.97 Å². The molecular formula is C12H10F2N2O2. The summed E-state index contributed by atoms with van der Waals surface area (Å²) < 4.78 is 31.3. The second-order valence-electron chi connectivity index (χ2n) is 3.58. The number of aliphatic hydroxyl groups is 1. The first-order valence-corrected chi connectivity index (χ1v) is 5.17. The van der Waals surface area contributed by atoms with Gasteiger partial charge in [0.25, 0.3) is 0 Å². The fourth-order valence-electron chi connectivity index (χ4n) is 1.34. The number of hydrogen-bond donors (Lipinski definition) is 1. The zero-order chi connectivity index (χ0) is 13.1. The van der Waals surface area contributed by atoms with E-state index < -0.39 is 11.6 Å². The number of rotatable bonds is 3. The van der Waals surface area contributed by atoms with Crippen LogP contribution in [0.2, 0.25) is 0 Å². The summed E-state index contributed by atoms with van der Waals surface area (Å²) in [4.78, 5) is 7.72. The molecule has 0 aliphatic carbocycles. The van der Waals surface area contributed by atoms with E-state index in [1.165, 1.54) is 18.3 Å². The van der Waals surface area contributed by atoms with Gasteiger partial charge in [0.15, 0.2) is 11.6 Å². The van der Waals surface area contributed by atoms with E-state index in [4.69, 9.17) is 9.84 Å². The zero-order valence-electron chi connectivity index (χ0n) is 9.52. The van der Waals surface area contributed by atoms with E-state index in [1.807, 2.05) is 0 Å². The van der Waals surface area contributed by atoms with E-state index in [-0.39, 0.29) is 18.4 Å². The molecule has 0 spiro atoms. The summed E-state index contributed by atoms with van der Waals surface area (Å²) in [6.45, 7) is 1.46. The predicted molar refractivity (Wildman–Crippen MR) is 59.1 cm³/mol. The van der Waals surface area contributed by atoms with E-state index in [0.29, 0.717) is 11.3 Å². The molecule has 0 saturated heterocycles. The Morgan fingerprint density at radius 1 is 1.33 bits per heavy atom. The molecule has 0 aliphatic rings. The minimum Gasteiger partial charge on any atom is -0.421 e. The van der Waals surface area contributed by atoms with Crippen LogP contribution in [0.5, 0.6) is 11.8 Å². The van der Waals surface area contributed by atoms with Gasteiger partial charge in [-0.05, 0) is 19.1 Å². The Morgan fingerprint density at radius 2 is 2.11 bits per heavy atom. The topological polar surface area (TPSA) is 55.2 Å². The molecule has 2 rings (SSSR count). The fraction of sp³-hybridized carbons (Fsp3) is 0.167. The van der Waals surface area contributed by atoms with Crippen LogP contribution in [-0.2, 0) is 6.61 Å². The second-order valence-corrected chi connectivity index (χ2v) is 3.58. The van der Waals surface area contributed by atoms with Gasteiger partial charge in [0, 0.05) is 11.8 Å². The summed E-state index contributed by atoms with van der Waals surface area (Å²) >= 11 is 0. The predicted octanol–water partition coefficient (Wildman–Crippen LogP) is 2.35. The number of nitrogens with zero attached hydrogens (tertiary/aromatic N) is 2. The van der Waals surface area contributed by atoms with Crippen molar-refractivity contribution in [2.75, 3.05) is 0 Å². The zero-order valence-corrected chi connectivity index (χ0v) is 9.52. The van der Waals surface area contributed by atoms with Crippen molar-refractivity contribution in [1.29, 1.82) is 0 Å². The van der Waals surface area contributed by atoms with Crippen LogP contribution in [0.4, 0.5) is 8.78 Å². The first kappa shape index (κ1) is 12.4. The van der Waals surface area contributed by atoms with Crippen LogP contribution in [0.15, 0.2) is 24.4 Å². The van der Waals surface area contributed by atoms with E-state index in [9.17, 15) is 8.78 Å². The fourth-order valence-corrected chi connectivity index (χ4v) is 1.34. The number of aryl methyl sites for hydroxylation is 1. The lowest BCUT2D eigenvalue weighted by Crippen LogP contribution is -2.00. The summed E-state index contributed by atoms with van der Waals surface area (Å²) in [5.41, 5.74) is 1.06. The minimum absolute atomic E-state index is 0.103. The lowest BCUT2D eigenvalue weighted by Gasteiger charge is -2.07. The molecule has 1 N–H and O–H groups in total. The van der Waals surface area contributed by atoms with Gasteiger partial charge < -0.3 is 9.84 Å². The third kappa shape index (κ3) is 2.43. The Balaban J connectivity index is 2.29. The Bertz CT molecular complexity index is 576. The largest absolute Gasteiger partial charge is 0.421 e. The molecular weight excluding hydrogens is 242 g/mol. The molecule has 1 aromatic heterocycles. The molecule has 0 bridgehead atoms. The van der Waals surface area contributed by atoms with Crippen LogP contribution < -0.4 is 4.74 Å². The van der Waals surface area contributed by atoms with Crippen LogP contribution in [-0.4, -0.2) is 15.1 Å².